The van der Waals surface area contributed by atoms with Crippen LogP contribution >= 0.6 is 0 Å². The average molecular weight is 1670 g/mol. The molecule has 4 aromatic heterocycles. The van der Waals surface area contributed by atoms with Gasteiger partial charge in [-0.15, -0.1) is 0 Å². The Bertz CT molecular complexity index is 7550. The molecule has 616 valence electrons. The van der Waals surface area contributed by atoms with Gasteiger partial charge in [0.15, 0.2) is 0 Å². The molecule has 0 atom stereocenters. The molecule has 23 rings (SSSR count). The molecule has 0 saturated carbocycles. The summed E-state index contributed by atoms with van der Waals surface area (Å²) in [4.78, 5) is 9.57. The number of anilines is 12. The van der Waals surface area contributed by atoms with Crippen LogP contribution in [-0.4, -0.2) is 16.1 Å². The Labute approximate surface area is 739 Å². The van der Waals surface area contributed by atoms with E-state index in [9.17, 15) is 0 Å². The first kappa shape index (κ1) is 78.1. The van der Waals surface area contributed by atoms with Crippen LogP contribution < -0.4 is 30.0 Å². The summed E-state index contributed by atoms with van der Waals surface area (Å²) in [7, 11) is -2.91. The van der Waals surface area contributed by atoms with E-state index >= 15 is 0 Å². The molecule has 0 aliphatic heterocycles. The lowest BCUT2D eigenvalue weighted by Crippen LogP contribution is -2.37. The van der Waals surface area contributed by atoms with Crippen molar-refractivity contribution >= 4 is 139 Å². The van der Waals surface area contributed by atoms with Gasteiger partial charge in [-0.2, -0.15) is 0 Å². The van der Waals surface area contributed by atoms with E-state index in [2.05, 4.69) is 442 Å². The summed E-state index contributed by atoms with van der Waals surface area (Å²) in [5, 5.41) is 7.35. The number of para-hydroxylation sites is 6. The minimum atomic E-state index is -1.46. The molecule has 10 heteroatoms. The Morgan fingerprint density at radius 1 is 0.206 bits per heavy atom. The molecule has 0 fully saturated rings. The van der Waals surface area contributed by atoms with Crippen molar-refractivity contribution in [3.8, 4) is 56.4 Å². The van der Waals surface area contributed by atoms with E-state index in [4.69, 9.17) is 17.7 Å². The molecule has 126 heavy (non-hydrogen) atoms. The van der Waals surface area contributed by atoms with E-state index in [1.165, 1.54) is 77.1 Å². The van der Waals surface area contributed by atoms with Crippen LogP contribution in [0.1, 0.15) is 99.9 Å². The first-order valence-corrected chi connectivity index (χ1v) is 51.3. The van der Waals surface area contributed by atoms with Crippen molar-refractivity contribution in [2.24, 2.45) is 0 Å². The molecular formula is C116H100N4O4Si2. The van der Waals surface area contributed by atoms with Gasteiger partial charge in [-0.1, -0.05) is 269 Å². The molecule has 0 bridgehead atoms. The number of nitrogens with zero attached hydrogens (tertiary/aromatic N) is 4. The third kappa shape index (κ3) is 12.4. The summed E-state index contributed by atoms with van der Waals surface area (Å²) in [5.74, 6) is 4.00. The van der Waals surface area contributed by atoms with Crippen LogP contribution in [0, 0.1) is 0 Å². The van der Waals surface area contributed by atoms with E-state index in [-0.39, 0.29) is 21.7 Å². The normalized spacial score (nSPS) is 14.4. The highest BCUT2D eigenvalue weighted by atomic mass is 28.3. The summed E-state index contributed by atoms with van der Waals surface area (Å²) in [6.45, 7) is 33.5. The predicted molar refractivity (Wildman–Crippen MR) is 532 cm³/mol. The smallest absolute Gasteiger partial charge is 0.139 e. The summed E-state index contributed by atoms with van der Waals surface area (Å²) in [5.41, 5.74) is 33.0. The molecule has 0 saturated heterocycles. The predicted octanol–water partition coefficient (Wildman–Crippen LogP) is 32.2. The van der Waals surface area contributed by atoms with Gasteiger partial charge in [0.05, 0.1) is 21.8 Å². The molecule has 0 radical (unpaired) electrons. The van der Waals surface area contributed by atoms with Crippen LogP contribution in [0.4, 0.5) is 68.2 Å². The standard InChI is InChI=1S/C61H52N2O2Si.C55H48N2O2Si/c1-60(2)51-37-43(62(40-20-12-9-13-21-40)41-26-31-45(32-27-41)66(5,6)7)28-33-48(51)58-56(60)57-59(65-58)49-34-29-44(38-52(49)61(57,3)4)63(53-24-16-14-22-46(53)39-18-10-8-11-19-39)42-30-35-55-50(36-42)47-23-15-17-25-54(47)64-55;1-54(2)46-33-39(56(35-16-10-8-11-17-35)37-22-27-41(28-23-37)60(5,6)7)24-29-43(46)52-50(54)51-53(59-52)44-30-25-40(34-47(44)55(51,3)4)57(36-18-12-9-13-19-36)38-26-31-49-45(32-38)42-20-14-15-21-48(42)58-49/h8-38H,1-7H3;8-34H,1-7H3. The molecule has 8 nitrogen and oxygen atoms in total. The lowest BCUT2D eigenvalue weighted by atomic mass is 9.74. The number of benzene rings is 15. The van der Waals surface area contributed by atoms with Gasteiger partial charge in [-0.3, -0.25) is 0 Å². The zero-order valence-corrected chi connectivity index (χ0v) is 75.9. The van der Waals surface area contributed by atoms with Crippen LogP contribution in [0.2, 0.25) is 39.3 Å². The van der Waals surface area contributed by atoms with Gasteiger partial charge >= 0.3 is 0 Å². The van der Waals surface area contributed by atoms with Crippen molar-refractivity contribution in [2.45, 2.75) is 116 Å². The van der Waals surface area contributed by atoms with Gasteiger partial charge in [-0.05, 0) is 216 Å². The fourth-order valence-electron chi connectivity index (χ4n) is 21.0. The minimum Gasteiger partial charge on any atom is -0.456 e. The molecule has 0 spiro atoms. The van der Waals surface area contributed by atoms with Gasteiger partial charge in [0.2, 0.25) is 0 Å². The van der Waals surface area contributed by atoms with Crippen LogP contribution in [-0.2, 0) is 21.7 Å². The molecule has 0 amide bonds. The maximum atomic E-state index is 7.20. The van der Waals surface area contributed by atoms with Crippen molar-refractivity contribution in [2.75, 3.05) is 19.6 Å². The molecular weight excluding hydrogens is 1570 g/mol. The molecule has 4 aliphatic carbocycles. The van der Waals surface area contributed by atoms with Crippen molar-refractivity contribution < 1.29 is 17.7 Å². The number of hydrogen-bond acceptors (Lipinski definition) is 8. The number of rotatable bonds is 15. The highest BCUT2D eigenvalue weighted by Crippen LogP contribution is 2.65. The summed E-state index contributed by atoms with van der Waals surface area (Å²) >= 11 is 0. The molecule has 4 aliphatic rings. The molecule has 4 heterocycles. The van der Waals surface area contributed by atoms with Gasteiger partial charge in [0.25, 0.3) is 0 Å². The maximum absolute atomic E-state index is 7.20. The topological polar surface area (TPSA) is 65.5 Å². The van der Waals surface area contributed by atoms with E-state index < -0.39 is 16.1 Å². The fraction of sp³-hybridized carbons (Fsp3) is 0.155. The molecule has 19 aromatic rings. The Balaban J connectivity index is 0.000000150. The first-order chi connectivity index (χ1) is 60.8. The van der Waals surface area contributed by atoms with Crippen LogP contribution in [0.3, 0.4) is 0 Å². The molecule has 15 aromatic carbocycles. The minimum absolute atomic E-state index is 0.289. The Morgan fingerprint density at radius 2 is 0.468 bits per heavy atom. The summed E-state index contributed by atoms with van der Waals surface area (Å²) < 4.78 is 26.9. The SMILES string of the molecule is CC1(C)c2cc(N(c3ccccc3)c3ccc([Si](C)(C)C)cc3)ccc2-c2oc3c(c21)C(C)(C)c1cc(N(c2ccc4oc5ccccc5c4c2)c2ccccc2-c2ccccc2)ccc1-3.CC1(C)c2cc(N(c3ccccc3)c3ccc([Si](C)(C)C)cc3)ccc2-c2oc3c(c21)C(C)(C)c1cc(N(c2ccccc2)c2ccc4oc5ccccc5c4c2)ccc1-3. The number of fused-ring (bicyclic) bond motifs is 20. The Kier molecular flexibility index (Phi) is 17.9. The highest BCUT2D eigenvalue weighted by molar-refractivity contribution is 6.89. The van der Waals surface area contributed by atoms with Crippen molar-refractivity contribution in [1.29, 1.82) is 0 Å². The van der Waals surface area contributed by atoms with E-state index in [1.54, 1.807) is 0 Å². The van der Waals surface area contributed by atoms with Crippen molar-refractivity contribution in [1.82, 2.24) is 0 Å². The van der Waals surface area contributed by atoms with Gasteiger partial charge < -0.3 is 37.3 Å². The third-order valence-electron chi connectivity index (χ3n) is 27.5. The van der Waals surface area contributed by atoms with Crippen LogP contribution in [0.25, 0.3) is 100 Å². The van der Waals surface area contributed by atoms with Gasteiger partial charge in [0.1, 0.15) is 45.4 Å². The monoisotopic (exact) mass is 1670 g/mol. The lowest BCUT2D eigenvalue weighted by molar-refractivity contribution is 0.592. The van der Waals surface area contributed by atoms with Crippen LogP contribution in [0.5, 0.6) is 0 Å². The maximum Gasteiger partial charge on any atom is 0.139 e. The fourth-order valence-corrected chi connectivity index (χ4v) is 23.4. The number of furan rings is 4. The van der Waals surface area contributed by atoms with Gasteiger partial charge in [-0.25, -0.2) is 0 Å². The second-order valence-electron chi connectivity index (χ2n) is 38.8. The summed E-state index contributed by atoms with van der Waals surface area (Å²) in [6.07, 6.45) is 0. The second kappa shape index (κ2) is 28.8. The number of hydrogen-bond donors (Lipinski definition) is 0. The van der Waals surface area contributed by atoms with Gasteiger partial charge in [0, 0.05) is 156 Å². The highest BCUT2D eigenvalue weighted by Gasteiger charge is 2.53. The second-order valence-corrected chi connectivity index (χ2v) is 49.0. The first-order valence-electron chi connectivity index (χ1n) is 44.3. The quantitative estimate of drug-likeness (QED) is 0.0941. The van der Waals surface area contributed by atoms with Crippen molar-refractivity contribution in [3.05, 3.63) is 396 Å². The van der Waals surface area contributed by atoms with Crippen LogP contribution in [0.15, 0.2) is 370 Å². The lowest BCUT2D eigenvalue weighted by Gasteiger charge is -2.31. The Hall–Kier alpha value is -13.9. The largest absolute Gasteiger partial charge is 0.456 e. The van der Waals surface area contributed by atoms with Crippen molar-refractivity contribution in [3.63, 3.8) is 0 Å². The molecule has 0 N–H and O–H groups in total. The van der Waals surface area contributed by atoms with E-state index in [0.29, 0.717) is 0 Å². The average Bonchev–Trinajstić information content (AvgIpc) is 1.52. The Morgan fingerprint density at radius 3 is 0.825 bits per heavy atom. The molecule has 0 unspecified atom stereocenters. The van der Waals surface area contributed by atoms with E-state index in [1.807, 2.05) is 24.3 Å². The zero-order valence-electron chi connectivity index (χ0n) is 73.9. The summed E-state index contributed by atoms with van der Waals surface area (Å²) in [6, 6.07) is 128. The third-order valence-corrected chi connectivity index (χ3v) is 31.7. The zero-order chi connectivity index (χ0) is 86.2. The van der Waals surface area contributed by atoms with E-state index in [0.717, 1.165) is 146 Å².